The third kappa shape index (κ3) is 7.65. The summed E-state index contributed by atoms with van der Waals surface area (Å²) in [6.45, 7) is 11.3. The van der Waals surface area contributed by atoms with Crippen molar-refractivity contribution < 1.29 is 18.3 Å². The fraction of sp³-hybridized carbons (Fsp3) is 0.516. The van der Waals surface area contributed by atoms with Gasteiger partial charge in [0.2, 0.25) is 0 Å². The predicted octanol–water partition coefficient (Wildman–Crippen LogP) is 6.96. The molecule has 1 aromatic carbocycles. The lowest BCUT2D eigenvalue weighted by Gasteiger charge is -2.30. The van der Waals surface area contributed by atoms with E-state index in [2.05, 4.69) is 20.8 Å². The minimum Gasteiger partial charge on any atom is -0.465 e. The van der Waals surface area contributed by atoms with E-state index in [1.165, 1.54) is 24.3 Å². The van der Waals surface area contributed by atoms with Crippen molar-refractivity contribution in [3.63, 3.8) is 0 Å². The Morgan fingerprint density at radius 1 is 1.03 bits per heavy atom. The lowest BCUT2D eigenvalue weighted by atomic mass is 9.76. The monoisotopic (exact) mass is 525 g/mol. The molecule has 0 aliphatic heterocycles. The van der Waals surface area contributed by atoms with Crippen LogP contribution in [0.1, 0.15) is 73.1 Å². The van der Waals surface area contributed by atoms with Gasteiger partial charge in [0.05, 0.1) is 17.6 Å². The molecule has 3 aromatic rings. The maximum atomic E-state index is 13.6. The fourth-order valence-corrected chi connectivity index (χ4v) is 4.64. The van der Waals surface area contributed by atoms with E-state index in [4.69, 9.17) is 9.15 Å². The Bertz CT molecular complexity index is 1350. The van der Waals surface area contributed by atoms with Gasteiger partial charge in [-0.3, -0.25) is 9.59 Å². The Morgan fingerprint density at radius 2 is 1.74 bits per heavy atom. The average molecular weight is 526 g/mol. The van der Waals surface area contributed by atoms with Crippen LogP contribution in [-0.4, -0.2) is 17.1 Å². The van der Waals surface area contributed by atoms with E-state index in [1.54, 1.807) is 22.9 Å². The van der Waals surface area contributed by atoms with Crippen molar-refractivity contribution in [3.8, 4) is 11.1 Å². The zero-order valence-electron chi connectivity index (χ0n) is 23.2. The van der Waals surface area contributed by atoms with Gasteiger partial charge in [0.15, 0.2) is 0 Å². The van der Waals surface area contributed by atoms with E-state index in [0.29, 0.717) is 30.0 Å². The van der Waals surface area contributed by atoms with Crippen LogP contribution < -0.4 is 11.2 Å². The van der Waals surface area contributed by atoms with Gasteiger partial charge in [0, 0.05) is 24.2 Å². The molecule has 0 fully saturated rings. The minimum atomic E-state index is -0.612. The van der Waals surface area contributed by atoms with Gasteiger partial charge in [0.1, 0.15) is 11.4 Å². The summed E-state index contributed by atoms with van der Waals surface area (Å²) >= 11 is 0. The Balaban J connectivity index is 1.47. The number of fused-ring (bicyclic) bond motifs is 1. The Hall–Kier alpha value is -3.22. The number of ether oxygens (including phenoxy) is 1. The number of benzene rings is 1. The first-order valence-corrected chi connectivity index (χ1v) is 13.6. The van der Waals surface area contributed by atoms with Crippen LogP contribution >= 0.6 is 0 Å². The zero-order valence-corrected chi connectivity index (χ0v) is 23.2. The van der Waals surface area contributed by atoms with Crippen LogP contribution in [0.2, 0.25) is 0 Å². The number of aromatic nitrogens is 1. The summed E-state index contributed by atoms with van der Waals surface area (Å²) < 4.78 is 26.2. The second-order valence-electron chi connectivity index (χ2n) is 11.2. The number of halogens is 1. The maximum Gasteiger partial charge on any atom is 0.344 e. The van der Waals surface area contributed by atoms with Crippen LogP contribution in [0.5, 0.6) is 0 Å². The number of esters is 1. The molecule has 0 bridgehead atoms. The smallest absolute Gasteiger partial charge is 0.344 e. The third-order valence-electron chi connectivity index (χ3n) is 7.33. The number of pyridine rings is 1. The number of carbonyl (C=O) groups excluding carboxylic acids is 1. The van der Waals surface area contributed by atoms with Crippen LogP contribution in [-0.2, 0) is 16.1 Å². The Morgan fingerprint density at radius 3 is 2.45 bits per heavy atom. The van der Waals surface area contributed by atoms with Crippen LogP contribution in [0.3, 0.4) is 0 Å². The van der Waals surface area contributed by atoms with Gasteiger partial charge in [-0.25, -0.2) is 9.18 Å². The summed E-state index contributed by atoms with van der Waals surface area (Å²) in [7, 11) is 0. The highest BCUT2D eigenvalue weighted by Crippen LogP contribution is 2.33. The normalized spacial score (nSPS) is 12.7. The van der Waals surface area contributed by atoms with Gasteiger partial charge in [-0.2, -0.15) is 0 Å². The second-order valence-corrected chi connectivity index (χ2v) is 11.2. The lowest BCUT2D eigenvalue weighted by molar-refractivity contribution is -0.157. The summed E-state index contributed by atoms with van der Waals surface area (Å²) in [6.07, 6.45) is 7.18. The zero-order chi connectivity index (χ0) is 27.9. The van der Waals surface area contributed by atoms with E-state index in [0.717, 1.165) is 38.5 Å². The van der Waals surface area contributed by atoms with Crippen molar-refractivity contribution in [2.75, 3.05) is 6.61 Å². The summed E-state index contributed by atoms with van der Waals surface area (Å²) in [5.74, 6) is 0.237. The molecule has 7 heteroatoms. The van der Waals surface area contributed by atoms with Gasteiger partial charge in [-0.15, -0.1) is 0 Å². The van der Waals surface area contributed by atoms with E-state index < -0.39 is 16.9 Å². The van der Waals surface area contributed by atoms with Gasteiger partial charge in [-0.05, 0) is 68.7 Å². The Kier molecular flexibility index (Phi) is 10.1. The number of rotatable bonds is 13. The topological polar surface area (TPSA) is 78.5 Å². The molecular weight excluding hydrogens is 485 g/mol. The SMILES string of the molecule is CC(C)CC(C)C(C)(C)C(=O)OCCCCCCCn1cc2cc(-c3cccc(F)c3)c(=O)oc2cc1=O. The fourth-order valence-electron chi connectivity index (χ4n) is 4.64. The van der Waals surface area contributed by atoms with Crippen molar-refractivity contribution in [3.05, 3.63) is 69.2 Å². The molecule has 2 heterocycles. The molecule has 0 amide bonds. The molecule has 0 saturated carbocycles. The van der Waals surface area contributed by atoms with Crippen molar-refractivity contribution >= 4 is 16.9 Å². The van der Waals surface area contributed by atoms with Gasteiger partial charge >= 0.3 is 11.6 Å². The first-order valence-electron chi connectivity index (χ1n) is 13.6. The highest BCUT2D eigenvalue weighted by molar-refractivity contribution is 5.80. The number of aryl methyl sites for hydroxylation is 1. The van der Waals surface area contributed by atoms with Crippen molar-refractivity contribution in [2.45, 2.75) is 79.7 Å². The molecule has 1 atom stereocenters. The average Bonchev–Trinajstić information content (AvgIpc) is 2.85. The van der Waals surface area contributed by atoms with Crippen molar-refractivity contribution in [2.24, 2.45) is 17.3 Å². The first-order chi connectivity index (χ1) is 18.0. The molecule has 0 N–H and O–H groups in total. The van der Waals surface area contributed by atoms with E-state index >= 15 is 0 Å². The number of carbonyl (C=O) groups is 1. The van der Waals surface area contributed by atoms with Crippen molar-refractivity contribution in [1.29, 1.82) is 0 Å². The predicted molar refractivity (Wildman–Crippen MR) is 149 cm³/mol. The molecule has 0 spiro atoms. The van der Waals surface area contributed by atoms with Gasteiger partial charge in [0.25, 0.3) is 5.56 Å². The molecule has 38 heavy (non-hydrogen) atoms. The second kappa shape index (κ2) is 13.0. The standard InChI is InChI=1S/C31H40FNO5/c1-21(2)16-22(3)31(4,5)30(36)37-15-10-8-6-7-9-14-33-20-24-18-26(23-12-11-13-25(32)17-23)29(35)38-27(24)19-28(33)34/h11-13,17-22H,6-10,14-16H2,1-5H3. The lowest BCUT2D eigenvalue weighted by Crippen LogP contribution is -2.34. The highest BCUT2D eigenvalue weighted by Gasteiger charge is 2.35. The molecule has 206 valence electrons. The molecule has 0 saturated heterocycles. The van der Waals surface area contributed by atoms with E-state index in [9.17, 15) is 18.8 Å². The van der Waals surface area contributed by atoms with E-state index in [-0.39, 0.29) is 28.6 Å². The summed E-state index contributed by atoms with van der Waals surface area (Å²) in [5, 5.41) is 0.607. The summed E-state index contributed by atoms with van der Waals surface area (Å²) in [4.78, 5) is 37.4. The van der Waals surface area contributed by atoms with Crippen LogP contribution in [0.15, 0.2) is 56.6 Å². The molecule has 0 aliphatic carbocycles. The van der Waals surface area contributed by atoms with Gasteiger partial charge in [-0.1, -0.05) is 52.2 Å². The van der Waals surface area contributed by atoms with Crippen molar-refractivity contribution in [1.82, 2.24) is 4.57 Å². The third-order valence-corrected chi connectivity index (χ3v) is 7.33. The summed E-state index contributed by atoms with van der Waals surface area (Å²) in [5.41, 5.74) is -0.441. The quantitative estimate of drug-likeness (QED) is 0.178. The molecule has 6 nitrogen and oxygen atoms in total. The minimum absolute atomic E-state index is 0.127. The molecule has 1 unspecified atom stereocenters. The number of nitrogens with zero attached hydrogens (tertiary/aromatic N) is 1. The maximum absolute atomic E-state index is 13.6. The highest BCUT2D eigenvalue weighted by atomic mass is 19.1. The molecule has 2 aromatic heterocycles. The largest absolute Gasteiger partial charge is 0.465 e. The van der Waals surface area contributed by atoms with Crippen LogP contribution in [0.4, 0.5) is 4.39 Å². The van der Waals surface area contributed by atoms with Gasteiger partial charge < -0.3 is 13.7 Å². The summed E-state index contributed by atoms with van der Waals surface area (Å²) in [6, 6.07) is 8.73. The van der Waals surface area contributed by atoms with Crippen LogP contribution in [0.25, 0.3) is 22.1 Å². The molecule has 3 rings (SSSR count). The Labute approximate surface area is 223 Å². The first kappa shape index (κ1) is 29.3. The van der Waals surface area contributed by atoms with E-state index in [1.807, 2.05) is 13.8 Å². The van der Waals surface area contributed by atoms with Crippen LogP contribution in [0, 0.1) is 23.1 Å². The number of hydrogen-bond donors (Lipinski definition) is 0. The number of hydrogen-bond acceptors (Lipinski definition) is 5. The molecule has 0 aliphatic rings. The number of unbranched alkanes of at least 4 members (excludes halogenated alkanes) is 4. The molecule has 0 radical (unpaired) electrons. The molecular formula is C31H40FNO5.